The van der Waals surface area contributed by atoms with E-state index in [1.165, 1.54) is 6.20 Å². The van der Waals surface area contributed by atoms with Gasteiger partial charge in [0.05, 0.1) is 24.0 Å². The average molecular weight is 465 g/mol. The predicted molar refractivity (Wildman–Crippen MR) is 139 cm³/mol. The number of fused-ring (bicyclic) bond motifs is 1. The van der Waals surface area contributed by atoms with E-state index in [1.54, 1.807) is 19.5 Å². The molecular formula is C27H24N6O2. The van der Waals surface area contributed by atoms with Crippen molar-refractivity contribution in [1.29, 1.82) is 0 Å². The van der Waals surface area contributed by atoms with Crippen molar-refractivity contribution < 1.29 is 9.47 Å². The van der Waals surface area contributed by atoms with E-state index in [-0.39, 0.29) is 0 Å². The highest BCUT2D eigenvalue weighted by atomic mass is 16.5. The topological polar surface area (TPSA) is 87.1 Å². The largest absolute Gasteiger partial charge is 0.500 e. The third kappa shape index (κ3) is 4.37. The lowest BCUT2D eigenvalue weighted by Crippen LogP contribution is -2.35. The lowest BCUT2D eigenvalue weighted by Gasteiger charge is -2.17. The van der Waals surface area contributed by atoms with Crippen LogP contribution in [0.4, 0.5) is 11.4 Å². The van der Waals surface area contributed by atoms with Gasteiger partial charge >= 0.3 is 0 Å². The van der Waals surface area contributed by atoms with Crippen molar-refractivity contribution >= 4 is 33.9 Å². The second-order valence-electron chi connectivity index (χ2n) is 7.68. The van der Waals surface area contributed by atoms with E-state index in [0.717, 1.165) is 27.9 Å². The summed E-state index contributed by atoms with van der Waals surface area (Å²) in [5.74, 6) is 3.29. The molecule has 2 aromatic carbocycles. The molecule has 4 aromatic rings. The quantitative estimate of drug-likeness (QED) is 0.348. The highest BCUT2D eigenvalue weighted by molar-refractivity contribution is 6.33. The number of hydrogen-bond acceptors (Lipinski definition) is 5. The first-order valence-corrected chi connectivity index (χ1v) is 11.0. The van der Waals surface area contributed by atoms with Crippen molar-refractivity contribution in [2.24, 2.45) is 9.98 Å². The highest BCUT2D eigenvalue weighted by Gasteiger charge is 2.33. The smallest absolute Gasteiger partial charge is 0.166 e. The number of hydrazine groups is 1. The Balaban J connectivity index is 1.53. The summed E-state index contributed by atoms with van der Waals surface area (Å²) in [5, 5.41) is 2.91. The van der Waals surface area contributed by atoms with Gasteiger partial charge in [-0.1, -0.05) is 24.8 Å². The number of aliphatic imine (C=N–C) groups is 2. The van der Waals surface area contributed by atoms with Crippen LogP contribution in [-0.4, -0.2) is 28.7 Å². The fourth-order valence-corrected chi connectivity index (χ4v) is 3.84. The van der Waals surface area contributed by atoms with E-state index in [0.29, 0.717) is 28.9 Å². The summed E-state index contributed by atoms with van der Waals surface area (Å²) >= 11 is 0. The van der Waals surface area contributed by atoms with Gasteiger partial charge < -0.3 is 14.5 Å². The van der Waals surface area contributed by atoms with Gasteiger partial charge in [0.15, 0.2) is 17.4 Å². The molecule has 8 nitrogen and oxygen atoms in total. The summed E-state index contributed by atoms with van der Waals surface area (Å²) in [5.41, 5.74) is 6.57. The molecule has 0 amide bonds. The summed E-state index contributed by atoms with van der Waals surface area (Å²) in [7, 11) is 1.62. The van der Waals surface area contributed by atoms with E-state index in [2.05, 4.69) is 27.0 Å². The Kier molecular flexibility index (Phi) is 6.00. The standard InChI is InChI=1S/C27H24N6O2/c1-4-29-27-24(18(2)34-3)26(32-33(27)21-12-14-28-15-13-21)31-20-8-6-9-22(17-20)35-23-10-5-7-19-11-16-30-25(19)23/h4-17,30H,1H2,2-3H3,(H,31,32)/b24-18+,29-27?. The zero-order chi connectivity index (χ0) is 24.2. The van der Waals surface area contributed by atoms with Crippen molar-refractivity contribution in [3.8, 4) is 11.5 Å². The average Bonchev–Trinajstić information content (AvgIpc) is 3.50. The number of amidine groups is 2. The van der Waals surface area contributed by atoms with Gasteiger partial charge in [0.2, 0.25) is 0 Å². The molecular weight excluding hydrogens is 440 g/mol. The molecule has 1 fully saturated rings. The number of H-pyrrole nitrogens is 1. The van der Waals surface area contributed by atoms with Crippen LogP contribution in [0.2, 0.25) is 0 Å². The molecule has 0 radical (unpaired) electrons. The summed E-state index contributed by atoms with van der Waals surface area (Å²) in [6.45, 7) is 5.65. The zero-order valence-corrected chi connectivity index (χ0v) is 19.4. The predicted octanol–water partition coefficient (Wildman–Crippen LogP) is 5.87. The third-order valence-corrected chi connectivity index (χ3v) is 5.52. The number of aromatic amines is 1. The second kappa shape index (κ2) is 9.56. The van der Waals surface area contributed by atoms with Crippen molar-refractivity contribution in [2.45, 2.75) is 6.92 Å². The minimum absolute atomic E-state index is 0.588. The molecule has 0 spiro atoms. The van der Waals surface area contributed by atoms with Crippen LogP contribution < -0.4 is 15.2 Å². The summed E-state index contributed by atoms with van der Waals surface area (Å²) in [6, 6.07) is 19.3. The Morgan fingerprint density at radius 1 is 1.09 bits per heavy atom. The monoisotopic (exact) mass is 464 g/mol. The van der Waals surface area contributed by atoms with Gasteiger partial charge in [-0.25, -0.2) is 15.0 Å². The molecule has 1 aliphatic heterocycles. The number of rotatable bonds is 6. The highest BCUT2D eigenvalue weighted by Crippen LogP contribution is 2.31. The molecule has 0 atom stereocenters. The lowest BCUT2D eigenvalue weighted by molar-refractivity contribution is 0.292. The molecule has 2 N–H and O–H groups in total. The number of benzene rings is 2. The number of hydrogen-bond donors (Lipinski definition) is 2. The van der Waals surface area contributed by atoms with Gasteiger partial charge in [0.1, 0.15) is 17.1 Å². The van der Waals surface area contributed by atoms with E-state index < -0.39 is 0 Å². The fourth-order valence-electron chi connectivity index (χ4n) is 3.84. The molecule has 1 saturated heterocycles. The summed E-state index contributed by atoms with van der Waals surface area (Å²) < 4.78 is 11.8. The van der Waals surface area contributed by atoms with E-state index in [9.17, 15) is 0 Å². The van der Waals surface area contributed by atoms with E-state index >= 15 is 0 Å². The van der Waals surface area contributed by atoms with Gasteiger partial charge in [-0.3, -0.25) is 10.4 Å². The first kappa shape index (κ1) is 22.0. The lowest BCUT2D eigenvalue weighted by atomic mass is 10.2. The van der Waals surface area contributed by atoms with Crippen LogP contribution in [0.3, 0.4) is 0 Å². The van der Waals surface area contributed by atoms with Crippen LogP contribution in [0.25, 0.3) is 10.9 Å². The zero-order valence-electron chi connectivity index (χ0n) is 19.4. The van der Waals surface area contributed by atoms with Gasteiger partial charge in [-0.05, 0) is 43.3 Å². The summed E-state index contributed by atoms with van der Waals surface area (Å²) in [6.07, 6.45) is 6.83. The van der Waals surface area contributed by atoms with Crippen LogP contribution >= 0.6 is 0 Å². The molecule has 0 bridgehead atoms. The first-order valence-electron chi connectivity index (χ1n) is 11.0. The minimum atomic E-state index is 0.588. The second-order valence-corrected chi connectivity index (χ2v) is 7.68. The van der Waals surface area contributed by atoms with Crippen molar-refractivity contribution in [3.63, 3.8) is 0 Å². The Bertz CT molecular complexity index is 1470. The third-order valence-electron chi connectivity index (χ3n) is 5.52. The number of nitrogens with one attached hydrogen (secondary N) is 2. The first-order chi connectivity index (χ1) is 17.2. The van der Waals surface area contributed by atoms with Crippen LogP contribution in [0.15, 0.2) is 113 Å². The van der Waals surface area contributed by atoms with Crippen molar-refractivity contribution in [3.05, 3.63) is 103 Å². The van der Waals surface area contributed by atoms with Crippen LogP contribution in [0, 0.1) is 0 Å². The Hall–Kier alpha value is -4.85. The van der Waals surface area contributed by atoms with E-state index in [4.69, 9.17) is 14.5 Å². The summed E-state index contributed by atoms with van der Waals surface area (Å²) in [4.78, 5) is 16.7. The number of allylic oxidation sites excluding steroid dienone is 1. The molecule has 1 aliphatic rings. The molecule has 2 aromatic heterocycles. The molecule has 3 heterocycles. The van der Waals surface area contributed by atoms with Crippen LogP contribution in [-0.2, 0) is 4.74 Å². The molecule has 35 heavy (non-hydrogen) atoms. The van der Waals surface area contributed by atoms with Crippen LogP contribution in [0.1, 0.15) is 6.92 Å². The van der Waals surface area contributed by atoms with Crippen molar-refractivity contribution in [1.82, 2.24) is 15.4 Å². The SMILES string of the molecule is C=CN=C1/C(=C(\C)OC)C(=Nc2cccc(Oc3cccc4cc[nH]c34)c2)NN1c1ccncc1. The minimum Gasteiger partial charge on any atom is -0.500 e. The molecule has 0 unspecified atom stereocenters. The Morgan fingerprint density at radius 2 is 1.91 bits per heavy atom. The van der Waals surface area contributed by atoms with Gasteiger partial charge in [-0.15, -0.1) is 0 Å². The number of nitrogens with zero attached hydrogens (tertiary/aromatic N) is 4. The van der Waals surface area contributed by atoms with Gasteiger partial charge in [-0.2, -0.15) is 0 Å². The molecule has 0 aliphatic carbocycles. The number of methoxy groups -OCH3 is 1. The molecule has 0 saturated carbocycles. The molecule has 8 heteroatoms. The number of ether oxygens (including phenoxy) is 2. The van der Waals surface area contributed by atoms with Crippen molar-refractivity contribution in [2.75, 3.05) is 12.1 Å². The maximum atomic E-state index is 6.19. The Labute approximate surface area is 202 Å². The fraction of sp³-hybridized carbons (Fsp3) is 0.0741. The van der Waals surface area contributed by atoms with E-state index in [1.807, 2.05) is 78.8 Å². The number of anilines is 1. The Morgan fingerprint density at radius 3 is 2.71 bits per heavy atom. The number of pyridine rings is 1. The molecule has 5 rings (SSSR count). The number of aromatic nitrogens is 2. The van der Waals surface area contributed by atoms with Gasteiger partial charge in [0, 0.05) is 36.2 Å². The maximum Gasteiger partial charge on any atom is 0.166 e. The maximum absolute atomic E-state index is 6.19. The number of para-hydroxylation sites is 1. The normalized spacial score (nSPS) is 17.0. The van der Waals surface area contributed by atoms with Crippen LogP contribution in [0.5, 0.6) is 11.5 Å². The van der Waals surface area contributed by atoms with Gasteiger partial charge in [0.25, 0.3) is 0 Å². The molecule has 174 valence electrons.